The van der Waals surface area contributed by atoms with Crippen molar-refractivity contribution in [1.29, 1.82) is 0 Å². The average molecular weight is 386 g/mol. The molecule has 28 heavy (non-hydrogen) atoms. The first-order valence-corrected chi connectivity index (χ1v) is 8.51. The van der Waals surface area contributed by atoms with Gasteiger partial charge in [0.1, 0.15) is 5.69 Å². The highest BCUT2D eigenvalue weighted by Crippen LogP contribution is 2.30. The molecular formula is C20H17F3N4O. The molecule has 0 unspecified atom stereocenters. The highest BCUT2D eigenvalue weighted by Gasteiger charge is 2.30. The number of nitrogens with zero attached hydrogens (tertiary/aromatic N) is 3. The fraction of sp³-hybridized carbons (Fsp3) is 0.150. The molecule has 0 aliphatic carbocycles. The molecule has 1 amide bonds. The van der Waals surface area contributed by atoms with Crippen LogP contribution < -0.4 is 10.2 Å². The fourth-order valence-electron chi connectivity index (χ4n) is 2.60. The van der Waals surface area contributed by atoms with Crippen LogP contribution in [0.25, 0.3) is 0 Å². The number of hydrogen-bond acceptors (Lipinski definition) is 4. The number of para-hydroxylation sites is 1. The Kier molecular flexibility index (Phi) is 5.58. The monoisotopic (exact) mass is 386 g/mol. The van der Waals surface area contributed by atoms with Crippen LogP contribution in [0.1, 0.15) is 23.0 Å². The predicted molar refractivity (Wildman–Crippen MR) is 101 cm³/mol. The molecule has 144 valence electrons. The Labute approximate surface area is 159 Å². The third kappa shape index (κ3) is 4.46. The van der Waals surface area contributed by atoms with Crippen molar-refractivity contribution in [3.05, 3.63) is 78.2 Å². The van der Waals surface area contributed by atoms with Gasteiger partial charge in [-0.25, -0.2) is 9.97 Å². The maximum Gasteiger partial charge on any atom is 0.416 e. The maximum atomic E-state index is 12.6. The van der Waals surface area contributed by atoms with Crippen molar-refractivity contribution in [2.45, 2.75) is 13.1 Å². The minimum Gasteiger partial charge on any atom is -0.325 e. The number of benzene rings is 2. The molecule has 0 aliphatic heterocycles. The van der Waals surface area contributed by atoms with Gasteiger partial charge in [0.2, 0.25) is 0 Å². The molecule has 0 radical (unpaired) electrons. The van der Waals surface area contributed by atoms with Gasteiger partial charge in [-0.1, -0.05) is 18.2 Å². The topological polar surface area (TPSA) is 58.1 Å². The van der Waals surface area contributed by atoms with Gasteiger partial charge in [-0.15, -0.1) is 0 Å². The zero-order valence-corrected chi connectivity index (χ0v) is 14.9. The summed E-state index contributed by atoms with van der Waals surface area (Å²) >= 11 is 0. The molecule has 0 atom stereocenters. The van der Waals surface area contributed by atoms with Crippen molar-refractivity contribution in [1.82, 2.24) is 9.97 Å². The van der Waals surface area contributed by atoms with Crippen LogP contribution in [-0.2, 0) is 6.18 Å². The number of amides is 1. The van der Waals surface area contributed by atoms with E-state index in [0.717, 1.165) is 17.8 Å². The van der Waals surface area contributed by atoms with E-state index in [0.29, 0.717) is 12.4 Å². The molecule has 0 fully saturated rings. The largest absolute Gasteiger partial charge is 0.416 e. The number of nitrogens with one attached hydrogen (secondary N) is 1. The summed E-state index contributed by atoms with van der Waals surface area (Å²) in [5.41, 5.74) is 0.465. The number of carbonyl (C=O) groups excluding carboxylic acids is 1. The quantitative estimate of drug-likeness (QED) is 0.677. The van der Waals surface area contributed by atoms with E-state index < -0.39 is 17.6 Å². The van der Waals surface area contributed by atoms with E-state index in [1.54, 1.807) is 0 Å². The van der Waals surface area contributed by atoms with Crippen LogP contribution in [0.4, 0.5) is 30.4 Å². The van der Waals surface area contributed by atoms with E-state index in [9.17, 15) is 18.0 Å². The molecule has 0 bridgehead atoms. The zero-order valence-electron chi connectivity index (χ0n) is 14.9. The van der Waals surface area contributed by atoms with Gasteiger partial charge in [-0.3, -0.25) is 4.79 Å². The molecule has 1 heterocycles. The number of halogens is 3. The van der Waals surface area contributed by atoms with Crippen LogP contribution in [0, 0.1) is 0 Å². The highest BCUT2D eigenvalue weighted by molar-refractivity contribution is 6.02. The van der Waals surface area contributed by atoms with Crippen molar-refractivity contribution < 1.29 is 18.0 Å². The minimum atomic E-state index is -4.42. The highest BCUT2D eigenvalue weighted by atomic mass is 19.4. The van der Waals surface area contributed by atoms with Gasteiger partial charge in [-0.2, -0.15) is 13.2 Å². The molecule has 2 aromatic carbocycles. The maximum absolute atomic E-state index is 12.6. The Hall–Kier alpha value is -3.42. The van der Waals surface area contributed by atoms with Gasteiger partial charge in [0.25, 0.3) is 5.91 Å². The number of hydrogen-bond donors (Lipinski definition) is 1. The van der Waals surface area contributed by atoms with Crippen LogP contribution >= 0.6 is 0 Å². The molecule has 0 aliphatic rings. The average Bonchev–Trinajstić information content (AvgIpc) is 2.69. The number of anilines is 3. The lowest BCUT2D eigenvalue weighted by Gasteiger charge is -2.21. The summed E-state index contributed by atoms with van der Waals surface area (Å²) < 4.78 is 37.8. The predicted octanol–water partition coefficient (Wildman–Crippen LogP) is 4.91. The van der Waals surface area contributed by atoms with Crippen molar-refractivity contribution in [3.8, 4) is 0 Å². The molecule has 5 nitrogen and oxygen atoms in total. The summed E-state index contributed by atoms with van der Waals surface area (Å²) in [5.74, 6) is 0.0290. The summed E-state index contributed by atoms with van der Waals surface area (Å²) in [7, 11) is 0. The van der Waals surface area contributed by atoms with E-state index in [2.05, 4.69) is 15.3 Å². The van der Waals surface area contributed by atoms with Crippen molar-refractivity contribution >= 4 is 23.1 Å². The normalized spacial score (nSPS) is 11.1. The van der Waals surface area contributed by atoms with Gasteiger partial charge in [-0.05, 0) is 43.3 Å². The fourth-order valence-corrected chi connectivity index (χ4v) is 2.60. The van der Waals surface area contributed by atoms with E-state index in [-0.39, 0.29) is 11.4 Å². The van der Waals surface area contributed by atoms with E-state index in [4.69, 9.17) is 0 Å². The standard InChI is InChI=1S/C20H17F3N4O/c1-2-27(16-6-4-3-5-7-16)18-13-24-17(12-25-18)19(28)26-15-10-8-14(9-11-15)20(21,22)23/h3-13H,2H2,1H3,(H,26,28). The van der Waals surface area contributed by atoms with Gasteiger partial charge >= 0.3 is 6.18 Å². The van der Waals surface area contributed by atoms with Crippen LogP contribution in [0.2, 0.25) is 0 Å². The third-order valence-corrected chi connectivity index (χ3v) is 4.00. The summed E-state index contributed by atoms with van der Waals surface area (Å²) in [6.45, 7) is 2.63. The lowest BCUT2D eigenvalue weighted by atomic mass is 10.2. The molecule has 1 aromatic heterocycles. The van der Waals surface area contributed by atoms with Crippen LogP contribution in [0.15, 0.2) is 67.0 Å². The summed E-state index contributed by atoms with van der Waals surface area (Å²) in [4.78, 5) is 22.6. The summed E-state index contributed by atoms with van der Waals surface area (Å²) in [5, 5.41) is 2.51. The number of carbonyl (C=O) groups is 1. The van der Waals surface area contributed by atoms with E-state index in [1.165, 1.54) is 24.5 Å². The Morgan fingerprint density at radius 2 is 1.68 bits per heavy atom. The lowest BCUT2D eigenvalue weighted by Crippen LogP contribution is -2.19. The van der Waals surface area contributed by atoms with Gasteiger partial charge in [0, 0.05) is 17.9 Å². The van der Waals surface area contributed by atoms with E-state index in [1.807, 2.05) is 42.2 Å². The molecule has 3 rings (SSSR count). The summed E-state index contributed by atoms with van der Waals surface area (Å²) in [6, 6.07) is 13.8. The zero-order chi connectivity index (χ0) is 20.1. The van der Waals surface area contributed by atoms with Gasteiger partial charge < -0.3 is 10.2 Å². The summed E-state index contributed by atoms with van der Waals surface area (Å²) in [6.07, 6.45) is -1.60. The van der Waals surface area contributed by atoms with Crippen molar-refractivity contribution in [3.63, 3.8) is 0 Å². The van der Waals surface area contributed by atoms with Gasteiger partial charge in [0.05, 0.1) is 18.0 Å². The first-order valence-electron chi connectivity index (χ1n) is 8.51. The Morgan fingerprint density at radius 1 is 1.00 bits per heavy atom. The second-order valence-corrected chi connectivity index (χ2v) is 5.87. The molecule has 1 N–H and O–H groups in total. The van der Waals surface area contributed by atoms with Gasteiger partial charge in [0.15, 0.2) is 5.82 Å². The molecule has 3 aromatic rings. The van der Waals surface area contributed by atoms with Crippen molar-refractivity contribution in [2.75, 3.05) is 16.8 Å². The Morgan fingerprint density at radius 3 is 2.21 bits per heavy atom. The minimum absolute atomic E-state index is 0.0627. The molecule has 0 saturated heterocycles. The van der Waals surface area contributed by atoms with Crippen LogP contribution in [0.5, 0.6) is 0 Å². The number of rotatable bonds is 5. The first-order chi connectivity index (χ1) is 13.4. The van der Waals surface area contributed by atoms with Crippen molar-refractivity contribution in [2.24, 2.45) is 0 Å². The van der Waals surface area contributed by atoms with Crippen LogP contribution in [-0.4, -0.2) is 22.4 Å². The molecular weight excluding hydrogens is 369 g/mol. The second kappa shape index (κ2) is 8.08. The molecule has 8 heteroatoms. The Bertz CT molecular complexity index is 926. The molecule has 0 spiro atoms. The van der Waals surface area contributed by atoms with E-state index >= 15 is 0 Å². The lowest BCUT2D eigenvalue weighted by molar-refractivity contribution is -0.137. The number of aromatic nitrogens is 2. The smallest absolute Gasteiger partial charge is 0.325 e. The molecule has 0 saturated carbocycles. The second-order valence-electron chi connectivity index (χ2n) is 5.87. The SMILES string of the molecule is CCN(c1ccccc1)c1cnc(C(=O)Nc2ccc(C(F)(F)F)cc2)cn1. The Balaban J connectivity index is 1.71. The number of alkyl halides is 3. The van der Waals surface area contributed by atoms with Crippen LogP contribution in [0.3, 0.4) is 0 Å². The third-order valence-electron chi connectivity index (χ3n) is 4.00. The first kappa shape index (κ1) is 19.3.